The van der Waals surface area contributed by atoms with E-state index in [0.29, 0.717) is 12.1 Å². The maximum Gasteiger partial charge on any atom is 0.392 e. The summed E-state index contributed by atoms with van der Waals surface area (Å²) in [4.78, 5) is 0. The molecule has 1 aromatic rings. The average Bonchev–Trinajstić information content (AvgIpc) is 2.17. The van der Waals surface area contributed by atoms with Crippen molar-refractivity contribution >= 4 is 0 Å². The first-order valence-corrected chi connectivity index (χ1v) is 4.21. The highest BCUT2D eigenvalue weighted by atomic mass is 19.4. The first kappa shape index (κ1) is 14.7. The first-order valence-electron chi connectivity index (χ1n) is 4.21. The van der Waals surface area contributed by atoms with Gasteiger partial charge in [0.15, 0.2) is 11.6 Å². The molecule has 9 heteroatoms. The zero-order valence-electron chi connectivity index (χ0n) is 8.16. The van der Waals surface area contributed by atoms with Crippen LogP contribution in [0.3, 0.4) is 0 Å². The minimum atomic E-state index is -6.36. The summed E-state index contributed by atoms with van der Waals surface area (Å²) in [6.45, 7) is 0. The van der Waals surface area contributed by atoms with Crippen molar-refractivity contribution in [1.29, 1.82) is 0 Å². The van der Waals surface area contributed by atoms with Gasteiger partial charge in [-0.3, -0.25) is 0 Å². The fourth-order valence-corrected chi connectivity index (χ4v) is 1.24. The molecule has 0 unspecified atom stereocenters. The molecule has 0 saturated heterocycles. The van der Waals surface area contributed by atoms with E-state index < -0.39 is 35.2 Å². The van der Waals surface area contributed by atoms with Crippen LogP contribution in [0.2, 0.25) is 0 Å². The van der Waals surface area contributed by atoms with E-state index in [1.807, 2.05) is 0 Å². The predicted octanol–water partition coefficient (Wildman–Crippen LogP) is 2.65. The molecule has 0 fully saturated rings. The van der Waals surface area contributed by atoms with E-state index in [-0.39, 0.29) is 6.07 Å². The summed E-state index contributed by atoms with van der Waals surface area (Å²) in [7, 11) is 0. The molecule has 0 aliphatic rings. The van der Waals surface area contributed by atoms with E-state index >= 15 is 0 Å². The minimum Gasteiger partial charge on any atom is -0.833 e. The lowest BCUT2D eigenvalue weighted by molar-refractivity contribution is -0.605. The highest BCUT2D eigenvalue weighted by Gasteiger charge is 2.64. The molecule has 0 heterocycles. The second-order valence-corrected chi connectivity index (χ2v) is 3.28. The second kappa shape index (κ2) is 4.08. The van der Waals surface area contributed by atoms with Crippen molar-refractivity contribution in [2.45, 2.75) is 18.0 Å². The summed E-state index contributed by atoms with van der Waals surface area (Å²) in [5, 5.41) is 11.1. The van der Waals surface area contributed by atoms with E-state index in [1.165, 1.54) is 0 Å². The average molecular weight is 279 g/mol. The molecule has 0 atom stereocenters. The molecule has 1 rings (SSSR count). The van der Waals surface area contributed by atoms with Crippen LogP contribution < -0.4 is 5.11 Å². The maximum atomic E-state index is 13.0. The third kappa shape index (κ3) is 2.02. The van der Waals surface area contributed by atoms with Crippen LogP contribution in [0.25, 0.3) is 0 Å². The Kier molecular flexibility index (Phi) is 3.32. The summed E-state index contributed by atoms with van der Waals surface area (Å²) < 4.78 is 99.3. The molecule has 0 aliphatic carbocycles. The minimum absolute atomic E-state index is 0.0492. The third-order valence-corrected chi connectivity index (χ3v) is 2.13. The Morgan fingerprint density at radius 2 is 1.28 bits per heavy atom. The summed E-state index contributed by atoms with van der Waals surface area (Å²) in [6, 6.07) is 0.635. The summed E-state index contributed by atoms with van der Waals surface area (Å²) in [6.07, 6.45) is -12.7. The molecule has 0 aromatic heterocycles. The van der Waals surface area contributed by atoms with Gasteiger partial charge in [0.05, 0.1) is 0 Å². The fraction of sp³-hybridized carbons (Fsp3) is 0.333. The molecule has 0 N–H and O–H groups in total. The zero-order valence-corrected chi connectivity index (χ0v) is 8.16. The highest BCUT2D eigenvalue weighted by molar-refractivity contribution is 5.28. The smallest absolute Gasteiger partial charge is 0.392 e. The van der Waals surface area contributed by atoms with Crippen molar-refractivity contribution in [1.82, 2.24) is 0 Å². The molecule has 0 bridgehead atoms. The van der Waals surface area contributed by atoms with E-state index in [1.54, 1.807) is 0 Å². The Hall–Kier alpha value is -1.38. The number of benzene rings is 1. The standard InChI is InChI=1S/C9H3F8O/c10-5-3-1-2-4(6(5)11)7(18,8(12,13)14)9(15,16)17/h1-3H/q-1. The molecule has 1 aromatic carbocycles. The predicted molar refractivity (Wildman–Crippen MR) is 40.1 cm³/mol. The van der Waals surface area contributed by atoms with Gasteiger partial charge in [-0.25, -0.2) is 8.78 Å². The summed E-state index contributed by atoms with van der Waals surface area (Å²) in [5.41, 5.74) is -8.06. The van der Waals surface area contributed by atoms with E-state index in [9.17, 15) is 40.2 Å². The van der Waals surface area contributed by atoms with Crippen LogP contribution in [0.1, 0.15) is 5.56 Å². The molecular formula is C9H3F8O-. The van der Waals surface area contributed by atoms with Crippen molar-refractivity contribution in [3.8, 4) is 0 Å². The highest BCUT2D eigenvalue weighted by Crippen LogP contribution is 2.48. The van der Waals surface area contributed by atoms with Crippen molar-refractivity contribution in [3.05, 3.63) is 35.4 Å². The molecule has 18 heavy (non-hydrogen) atoms. The van der Waals surface area contributed by atoms with E-state index in [0.717, 1.165) is 0 Å². The summed E-state index contributed by atoms with van der Waals surface area (Å²) in [5.74, 6) is -4.44. The van der Waals surface area contributed by atoms with Crippen LogP contribution in [0.15, 0.2) is 18.2 Å². The Morgan fingerprint density at radius 3 is 1.67 bits per heavy atom. The lowest BCUT2D eigenvalue weighted by Gasteiger charge is -2.43. The van der Waals surface area contributed by atoms with E-state index in [2.05, 4.69) is 0 Å². The molecule has 0 amide bonds. The Balaban J connectivity index is 3.61. The van der Waals surface area contributed by atoms with Gasteiger partial charge in [0, 0.05) is 0 Å². The van der Waals surface area contributed by atoms with Crippen LogP contribution in [-0.2, 0) is 5.60 Å². The lowest BCUT2D eigenvalue weighted by atomic mass is 9.91. The second-order valence-electron chi connectivity index (χ2n) is 3.28. The Morgan fingerprint density at radius 1 is 0.833 bits per heavy atom. The van der Waals surface area contributed by atoms with Crippen LogP contribution >= 0.6 is 0 Å². The van der Waals surface area contributed by atoms with Crippen LogP contribution in [0.4, 0.5) is 35.1 Å². The van der Waals surface area contributed by atoms with Gasteiger partial charge in [-0.05, 0) is 11.6 Å². The Bertz CT molecular complexity index is 433. The number of halogens is 8. The topological polar surface area (TPSA) is 23.1 Å². The fourth-order valence-electron chi connectivity index (χ4n) is 1.24. The normalized spacial score (nSPS) is 13.8. The van der Waals surface area contributed by atoms with E-state index in [4.69, 9.17) is 0 Å². The van der Waals surface area contributed by atoms with Gasteiger partial charge in [-0.15, -0.1) is 0 Å². The lowest BCUT2D eigenvalue weighted by Crippen LogP contribution is -2.63. The molecule has 0 spiro atoms. The van der Waals surface area contributed by atoms with Gasteiger partial charge in [-0.2, -0.15) is 26.3 Å². The van der Waals surface area contributed by atoms with Gasteiger partial charge in [0.2, 0.25) is 0 Å². The maximum absolute atomic E-state index is 13.0. The number of hydrogen-bond donors (Lipinski definition) is 0. The number of rotatable bonds is 1. The largest absolute Gasteiger partial charge is 0.833 e. The molecule has 102 valence electrons. The third-order valence-electron chi connectivity index (χ3n) is 2.13. The monoisotopic (exact) mass is 279 g/mol. The quantitative estimate of drug-likeness (QED) is 0.725. The van der Waals surface area contributed by atoms with Gasteiger partial charge in [-0.1, -0.05) is 12.1 Å². The van der Waals surface area contributed by atoms with Gasteiger partial charge < -0.3 is 5.11 Å². The number of alkyl halides is 6. The first-order chi connectivity index (χ1) is 7.93. The molecule has 0 saturated carbocycles. The Labute approximate surface area is 94.6 Å². The molecule has 0 radical (unpaired) electrons. The molecule has 0 aliphatic heterocycles. The molecular weight excluding hydrogens is 276 g/mol. The van der Waals surface area contributed by atoms with Crippen molar-refractivity contribution in [3.63, 3.8) is 0 Å². The summed E-state index contributed by atoms with van der Waals surface area (Å²) >= 11 is 0. The van der Waals surface area contributed by atoms with Crippen molar-refractivity contribution < 1.29 is 40.2 Å². The van der Waals surface area contributed by atoms with Gasteiger partial charge in [0.25, 0.3) is 0 Å². The van der Waals surface area contributed by atoms with Crippen molar-refractivity contribution in [2.75, 3.05) is 0 Å². The van der Waals surface area contributed by atoms with Crippen LogP contribution in [-0.4, -0.2) is 12.4 Å². The zero-order chi connectivity index (χ0) is 14.4. The van der Waals surface area contributed by atoms with Crippen LogP contribution in [0, 0.1) is 11.6 Å². The number of hydrogen-bond acceptors (Lipinski definition) is 1. The van der Waals surface area contributed by atoms with Gasteiger partial charge >= 0.3 is 12.4 Å². The van der Waals surface area contributed by atoms with Crippen LogP contribution in [0.5, 0.6) is 0 Å². The molecule has 1 nitrogen and oxygen atoms in total. The van der Waals surface area contributed by atoms with Gasteiger partial charge in [0.1, 0.15) is 5.60 Å². The SMILES string of the molecule is [O-]C(c1cccc(F)c1F)(C(F)(F)F)C(F)(F)F. The van der Waals surface area contributed by atoms with Crippen molar-refractivity contribution in [2.24, 2.45) is 0 Å².